The first-order valence-corrected chi connectivity index (χ1v) is 16.0. The molecule has 0 rings (SSSR count). The van der Waals surface area contributed by atoms with Crippen LogP contribution in [-0.2, 0) is 26.7 Å². The summed E-state index contributed by atoms with van der Waals surface area (Å²) in [4.78, 5) is 20.6. The molecule has 0 bridgehead atoms. The van der Waals surface area contributed by atoms with E-state index in [1.807, 2.05) is 0 Å². The van der Waals surface area contributed by atoms with E-state index in [-0.39, 0.29) is 17.1 Å². The Kier molecular flexibility index (Phi) is 41.6. The fraction of sp³-hybridized carbons (Fsp3) is 0.938. The number of aliphatic carboxylic acids is 2. The predicted molar refractivity (Wildman–Crippen MR) is 156 cm³/mol. The van der Waals surface area contributed by atoms with Crippen molar-refractivity contribution in [2.75, 3.05) is 0 Å². The smallest absolute Gasteiger partial charge is 0.303 e. The fourth-order valence-electron chi connectivity index (χ4n) is 4.59. The maximum atomic E-state index is 10.3. The maximum absolute atomic E-state index is 10.3. The summed E-state index contributed by atoms with van der Waals surface area (Å²) in [5, 5.41) is 17.0. The van der Waals surface area contributed by atoms with Gasteiger partial charge in [0.15, 0.2) is 0 Å². The van der Waals surface area contributed by atoms with Crippen molar-refractivity contribution < 1.29 is 36.9 Å². The molecule has 0 aromatic carbocycles. The first-order chi connectivity index (χ1) is 17.5. The molecule has 0 heterocycles. The molecule has 0 spiro atoms. The van der Waals surface area contributed by atoms with E-state index in [0.29, 0.717) is 12.8 Å². The number of hydrogen-bond acceptors (Lipinski definition) is 2. The quantitative estimate of drug-likeness (QED) is 0.0728. The second kappa shape index (κ2) is 37.6. The van der Waals surface area contributed by atoms with Crippen molar-refractivity contribution >= 4 is 11.9 Å². The van der Waals surface area contributed by atoms with Gasteiger partial charge < -0.3 is 10.2 Å². The molecule has 223 valence electrons. The molecule has 0 saturated carbocycles. The van der Waals surface area contributed by atoms with Gasteiger partial charge in [-0.15, -0.1) is 0 Å². The van der Waals surface area contributed by atoms with Gasteiger partial charge in [-0.1, -0.05) is 168 Å². The normalized spacial score (nSPS) is 10.4. The summed E-state index contributed by atoms with van der Waals surface area (Å²) in [6.45, 7) is 4.52. The zero-order valence-electron chi connectivity index (χ0n) is 24.9. The average Bonchev–Trinajstić information content (AvgIpc) is 2.85. The van der Waals surface area contributed by atoms with Crippen LogP contribution in [0.3, 0.4) is 0 Å². The molecule has 0 aromatic heterocycles. The Labute approximate surface area is 242 Å². The molecule has 4 nitrogen and oxygen atoms in total. The third-order valence-corrected chi connectivity index (χ3v) is 6.99. The van der Waals surface area contributed by atoms with Gasteiger partial charge in [0.2, 0.25) is 0 Å². The summed E-state index contributed by atoms with van der Waals surface area (Å²) < 4.78 is 0. The molecule has 0 aliphatic rings. The molecular weight excluding hydrogens is 503 g/mol. The van der Waals surface area contributed by atoms with Crippen molar-refractivity contribution in [3.8, 4) is 0 Å². The van der Waals surface area contributed by atoms with Crippen LogP contribution in [0.15, 0.2) is 0 Å². The van der Waals surface area contributed by atoms with Gasteiger partial charge in [0.25, 0.3) is 0 Å². The van der Waals surface area contributed by atoms with E-state index in [2.05, 4.69) is 13.8 Å². The van der Waals surface area contributed by atoms with Gasteiger partial charge >= 0.3 is 11.9 Å². The molecule has 2 N–H and O–H groups in total. The van der Waals surface area contributed by atoms with Crippen molar-refractivity contribution in [3.05, 3.63) is 0 Å². The van der Waals surface area contributed by atoms with Gasteiger partial charge in [-0.2, -0.15) is 0 Å². The second-order valence-corrected chi connectivity index (χ2v) is 10.8. The van der Waals surface area contributed by atoms with E-state index in [4.69, 9.17) is 10.2 Å². The predicted octanol–water partition coefficient (Wildman–Crippen LogP) is 11.1. The van der Waals surface area contributed by atoms with Crippen molar-refractivity contribution in [2.24, 2.45) is 0 Å². The molecule has 0 fully saturated rings. The Balaban J connectivity index is -0.000000608. The molecule has 0 unspecified atom stereocenters. The molecule has 0 aliphatic heterocycles. The number of carbonyl (C=O) groups is 2. The topological polar surface area (TPSA) is 74.6 Å². The third kappa shape index (κ3) is 45.7. The summed E-state index contributed by atoms with van der Waals surface area (Å²) in [6, 6.07) is 0. The van der Waals surface area contributed by atoms with E-state index in [0.717, 1.165) is 25.7 Å². The van der Waals surface area contributed by atoms with Gasteiger partial charge in [0.05, 0.1) is 0 Å². The standard InChI is InChI=1S/2C16H32O2.Mn/c2*1-2-3-4-5-6-7-8-9-10-11-12-13-14-15-16(17)18;/h2*2-15H2,1H3,(H,17,18);. The number of hydrogen-bond donors (Lipinski definition) is 2. The Hall–Kier alpha value is -0.541. The monoisotopic (exact) mass is 567 g/mol. The Morgan fingerprint density at radius 3 is 0.676 bits per heavy atom. The Bertz CT molecular complexity index is 403. The SMILES string of the molecule is CCCCCCCCCCCCCCCC(=O)O.CCCCCCCCCCCCCCCC(=O)O.[Mn]. The first-order valence-electron chi connectivity index (χ1n) is 16.0. The zero-order chi connectivity index (χ0) is 27.0. The van der Waals surface area contributed by atoms with E-state index in [1.165, 1.54) is 141 Å². The third-order valence-electron chi connectivity index (χ3n) is 6.99. The van der Waals surface area contributed by atoms with Crippen LogP contribution in [0.25, 0.3) is 0 Å². The molecular formula is C32H64MnO4. The van der Waals surface area contributed by atoms with E-state index >= 15 is 0 Å². The number of carboxylic acids is 2. The summed E-state index contributed by atoms with van der Waals surface area (Å²) in [6.07, 6.45) is 34.5. The van der Waals surface area contributed by atoms with Gasteiger partial charge in [0.1, 0.15) is 0 Å². The minimum absolute atomic E-state index is 0. The molecule has 5 heteroatoms. The first kappa shape index (κ1) is 40.9. The molecule has 0 amide bonds. The van der Waals surface area contributed by atoms with Gasteiger partial charge in [-0.3, -0.25) is 9.59 Å². The van der Waals surface area contributed by atoms with Crippen molar-refractivity contribution in [3.63, 3.8) is 0 Å². The molecule has 0 atom stereocenters. The molecule has 37 heavy (non-hydrogen) atoms. The zero-order valence-corrected chi connectivity index (χ0v) is 26.1. The van der Waals surface area contributed by atoms with Crippen LogP contribution in [0.4, 0.5) is 0 Å². The van der Waals surface area contributed by atoms with Crippen LogP contribution in [-0.4, -0.2) is 22.2 Å². The van der Waals surface area contributed by atoms with Gasteiger partial charge in [-0.25, -0.2) is 0 Å². The van der Waals surface area contributed by atoms with Crippen LogP contribution in [0, 0.1) is 0 Å². The van der Waals surface area contributed by atoms with Crippen LogP contribution in [0.5, 0.6) is 0 Å². The van der Waals surface area contributed by atoms with Gasteiger partial charge in [-0.05, 0) is 12.8 Å². The van der Waals surface area contributed by atoms with Crippen molar-refractivity contribution in [1.29, 1.82) is 0 Å². The molecule has 1 radical (unpaired) electrons. The van der Waals surface area contributed by atoms with E-state index in [9.17, 15) is 9.59 Å². The second-order valence-electron chi connectivity index (χ2n) is 10.8. The summed E-state index contributed by atoms with van der Waals surface area (Å²) in [5.74, 6) is -1.31. The summed E-state index contributed by atoms with van der Waals surface area (Å²) in [5.41, 5.74) is 0. The van der Waals surface area contributed by atoms with Crippen LogP contribution >= 0.6 is 0 Å². The number of rotatable bonds is 28. The number of carboxylic acid groups (broad SMARTS) is 2. The molecule has 0 aromatic rings. The fourth-order valence-corrected chi connectivity index (χ4v) is 4.59. The maximum Gasteiger partial charge on any atom is 0.303 e. The van der Waals surface area contributed by atoms with Crippen LogP contribution in [0.2, 0.25) is 0 Å². The van der Waals surface area contributed by atoms with Gasteiger partial charge in [0, 0.05) is 29.9 Å². The molecule has 0 saturated heterocycles. The summed E-state index contributed by atoms with van der Waals surface area (Å²) in [7, 11) is 0. The molecule has 0 aliphatic carbocycles. The van der Waals surface area contributed by atoms with Crippen molar-refractivity contribution in [2.45, 2.75) is 194 Å². The largest absolute Gasteiger partial charge is 0.481 e. The minimum Gasteiger partial charge on any atom is -0.481 e. The Morgan fingerprint density at radius 1 is 0.351 bits per heavy atom. The average molecular weight is 568 g/mol. The Morgan fingerprint density at radius 2 is 0.514 bits per heavy atom. The summed E-state index contributed by atoms with van der Waals surface area (Å²) >= 11 is 0. The number of unbranched alkanes of at least 4 members (excludes halogenated alkanes) is 24. The van der Waals surface area contributed by atoms with E-state index in [1.54, 1.807) is 0 Å². The minimum atomic E-state index is -0.655. The van der Waals surface area contributed by atoms with Crippen LogP contribution in [0.1, 0.15) is 194 Å². The van der Waals surface area contributed by atoms with E-state index < -0.39 is 11.9 Å². The van der Waals surface area contributed by atoms with Crippen molar-refractivity contribution in [1.82, 2.24) is 0 Å². The van der Waals surface area contributed by atoms with Crippen LogP contribution < -0.4 is 0 Å².